The van der Waals surface area contributed by atoms with Gasteiger partial charge in [0.05, 0.1) is 71.2 Å². The maximum atomic E-state index is 12.5. The average molecular weight is 1370 g/mol. The van der Waals surface area contributed by atoms with Gasteiger partial charge in [-0.1, -0.05) is 82.1 Å². The molecule has 3 saturated heterocycles. The maximum absolute atomic E-state index is 12.5. The van der Waals surface area contributed by atoms with Crippen molar-refractivity contribution in [2.24, 2.45) is 114 Å². The van der Waals surface area contributed by atoms with Gasteiger partial charge in [-0.05, 0) is 271 Å². The molecule has 0 aromatic rings. The van der Waals surface area contributed by atoms with Gasteiger partial charge in [0.15, 0.2) is 23.1 Å². The molecule has 3 N–H and O–H groups in total. The maximum Gasteiger partial charge on any atom is 0.172 e. The van der Waals surface area contributed by atoms with Crippen LogP contribution in [0.5, 0.6) is 0 Å². The Morgan fingerprint density at radius 2 is 0.808 bits per heavy atom. The molecule has 0 aromatic carbocycles. The van der Waals surface area contributed by atoms with Crippen LogP contribution in [-0.4, -0.2) is 130 Å². The lowest BCUT2D eigenvalue weighted by Gasteiger charge is -2.59. The molecule has 552 valence electrons. The summed E-state index contributed by atoms with van der Waals surface area (Å²) in [7, 11) is 3.84. The first-order valence-electron chi connectivity index (χ1n) is 41.3. The third kappa shape index (κ3) is 10.9. The van der Waals surface area contributed by atoms with Crippen LogP contribution in [0.25, 0.3) is 0 Å². The Morgan fingerprint density at radius 1 is 0.404 bits per heavy atom. The molecule has 23 atom stereocenters. The molecule has 0 bridgehead atoms. The van der Waals surface area contributed by atoms with Gasteiger partial charge in [-0.15, -0.1) is 0 Å². The molecule has 12 saturated carbocycles. The summed E-state index contributed by atoms with van der Waals surface area (Å²) in [6.07, 6.45) is 48.2. The zero-order valence-corrected chi connectivity index (χ0v) is 62.6. The zero-order valence-electron chi connectivity index (χ0n) is 62.6. The number of methoxy groups -OCH3 is 2. The third-order valence-electron chi connectivity index (χ3n) is 35.5. The second-order valence-corrected chi connectivity index (χ2v) is 37.8. The number of allylic oxidation sites excluding steroid dienone is 4. The number of Topliss-reactive ketones (excluding diaryl/α,β-unsaturated/α-hetero) is 1. The molecule has 0 amide bonds. The van der Waals surface area contributed by atoms with Crippen LogP contribution >= 0.6 is 0 Å². The monoisotopic (exact) mass is 1370 g/mol. The van der Waals surface area contributed by atoms with Crippen molar-refractivity contribution in [2.45, 2.75) is 296 Å². The minimum Gasteiger partial charge on any atom is -0.395 e. The standard InChI is InChI=1S/C23H36O3.C21H32O4.C21H30O4.C21H32O2/c1-4-22-11-12-23(25-13-14-26-23)15-16(22)5-6-17-18-7-8-20(24-3)21(18,2)10-9-19(17)22;2*1-19-7-6-17-15(16(19)4-5-18(19)23)3-2-14-12-21(24-10-11-25-21)9-8-20(14,17)13-22;1-4-21-12-9-15(22)13-14(21)5-6-16-17-7-8-19(23-3)20(17,2)11-10-18(16)21/h5,17-20H,4,6-15H2,1-3H3;2,15-18,22-23H,3-13H2,1H3;2,15-17,22H,3-13H2,1H3;13,16-19H,4-12H2,1-3H3/t17-,18-,19-,20-,21-,22-;15-,16-,17-,18-,19-,20+;15-,16-,17-,19-,20+;16-,17-,18-,19-,20-,21-/m0000/s1. The molecule has 0 unspecified atom stereocenters. The Kier molecular flexibility index (Phi) is 18.9. The van der Waals surface area contributed by atoms with E-state index in [1.807, 2.05) is 20.3 Å². The molecule has 13 nitrogen and oxygen atoms in total. The van der Waals surface area contributed by atoms with Gasteiger partial charge in [0.1, 0.15) is 5.78 Å². The molecule has 99 heavy (non-hydrogen) atoms. The van der Waals surface area contributed by atoms with Gasteiger partial charge in [-0.2, -0.15) is 0 Å². The van der Waals surface area contributed by atoms with Crippen molar-refractivity contribution in [1.82, 2.24) is 0 Å². The van der Waals surface area contributed by atoms with E-state index in [1.165, 1.54) is 107 Å². The quantitative estimate of drug-likeness (QED) is 0.215. The molecule has 19 rings (SSSR count). The number of carbonyl (C=O) groups excluding carboxylic acids is 2. The first-order valence-corrected chi connectivity index (χ1v) is 41.3. The topological polar surface area (TPSA) is 169 Å². The van der Waals surface area contributed by atoms with Crippen molar-refractivity contribution < 1.29 is 62.8 Å². The molecule has 16 aliphatic carbocycles. The molecule has 3 aliphatic heterocycles. The summed E-state index contributed by atoms with van der Waals surface area (Å²) in [5, 5.41) is 31.6. The predicted molar refractivity (Wildman–Crippen MR) is 380 cm³/mol. The van der Waals surface area contributed by atoms with Crippen molar-refractivity contribution in [2.75, 3.05) is 67.1 Å². The van der Waals surface area contributed by atoms with Crippen molar-refractivity contribution in [3.05, 3.63) is 46.6 Å². The molecule has 0 radical (unpaired) electrons. The molecular formula is C86H130O13. The molecular weight excluding hydrogens is 1240 g/mol. The number of aliphatic hydroxyl groups excluding tert-OH is 3. The van der Waals surface area contributed by atoms with E-state index in [1.54, 1.807) is 5.57 Å². The summed E-state index contributed by atoms with van der Waals surface area (Å²) in [5.74, 6) is 8.19. The highest BCUT2D eigenvalue weighted by atomic mass is 16.7. The second kappa shape index (κ2) is 26.4. The van der Waals surface area contributed by atoms with Crippen LogP contribution in [0.4, 0.5) is 0 Å². The lowest BCUT2D eigenvalue weighted by molar-refractivity contribution is -0.191. The fourth-order valence-corrected chi connectivity index (χ4v) is 30.2. The summed E-state index contributed by atoms with van der Waals surface area (Å²) in [4.78, 5) is 24.5. The number of ketones is 2. The number of aliphatic hydroxyl groups is 3. The van der Waals surface area contributed by atoms with E-state index in [2.05, 4.69) is 59.8 Å². The van der Waals surface area contributed by atoms with E-state index in [-0.39, 0.29) is 46.8 Å². The van der Waals surface area contributed by atoms with Crippen LogP contribution in [0.15, 0.2) is 46.6 Å². The van der Waals surface area contributed by atoms with Crippen molar-refractivity contribution in [3.8, 4) is 0 Å². The fourth-order valence-electron chi connectivity index (χ4n) is 30.2. The minimum absolute atomic E-state index is 0.0711. The van der Waals surface area contributed by atoms with Crippen LogP contribution in [0.2, 0.25) is 0 Å². The fraction of sp³-hybridized carbons (Fsp3) is 0.884. The van der Waals surface area contributed by atoms with Gasteiger partial charge < -0.3 is 53.2 Å². The highest BCUT2D eigenvalue weighted by Crippen LogP contribution is 2.72. The van der Waals surface area contributed by atoms with Crippen LogP contribution < -0.4 is 0 Å². The Labute approximate surface area is 595 Å². The Balaban J connectivity index is 0.000000103. The van der Waals surface area contributed by atoms with Gasteiger partial charge in [0.25, 0.3) is 0 Å². The van der Waals surface area contributed by atoms with Gasteiger partial charge in [0, 0.05) is 81.8 Å². The summed E-state index contributed by atoms with van der Waals surface area (Å²) >= 11 is 0. The molecule has 3 spiro atoms. The molecule has 0 aromatic heterocycles. The molecule has 13 heteroatoms. The highest BCUT2D eigenvalue weighted by Gasteiger charge is 2.67. The number of ether oxygens (including phenoxy) is 8. The van der Waals surface area contributed by atoms with Crippen LogP contribution in [-0.2, 0) is 47.5 Å². The second-order valence-electron chi connectivity index (χ2n) is 37.8. The summed E-state index contributed by atoms with van der Waals surface area (Å²) in [5.41, 5.74) is 7.35. The number of hydrogen-bond acceptors (Lipinski definition) is 13. The average Bonchev–Trinajstić information content (AvgIpc) is 1.72. The van der Waals surface area contributed by atoms with E-state index >= 15 is 0 Å². The molecule has 19 aliphatic rings. The Bertz CT molecular complexity index is 3150. The van der Waals surface area contributed by atoms with Gasteiger partial charge in [-0.3, -0.25) is 9.59 Å². The highest BCUT2D eigenvalue weighted by molar-refractivity contribution is 5.91. The Hall–Kier alpha value is -2.14. The van der Waals surface area contributed by atoms with E-state index in [9.17, 15) is 24.9 Å². The van der Waals surface area contributed by atoms with Crippen LogP contribution in [0, 0.1) is 114 Å². The van der Waals surface area contributed by atoms with Gasteiger partial charge >= 0.3 is 0 Å². The number of hydrogen-bond donors (Lipinski definition) is 3. The van der Waals surface area contributed by atoms with Crippen LogP contribution in [0.1, 0.15) is 260 Å². The number of carbonyl (C=O) groups is 2. The van der Waals surface area contributed by atoms with E-state index in [4.69, 9.17) is 37.9 Å². The summed E-state index contributed by atoms with van der Waals surface area (Å²) in [6.45, 7) is 19.2. The smallest absolute Gasteiger partial charge is 0.172 e. The number of rotatable bonds is 6. The summed E-state index contributed by atoms with van der Waals surface area (Å²) in [6, 6.07) is 0. The Morgan fingerprint density at radius 3 is 1.29 bits per heavy atom. The normalized spacial score (nSPS) is 49.4. The van der Waals surface area contributed by atoms with Crippen molar-refractivity contribution in [3.63, 3.8) is 0 Å². The lowest BCUT2D eigenvalue weighted by atomic mass is 9.46. The largest absolute Gasteiger partial charge is 0.395 e. The first kappa shape index (κ1) is 71.1. The van der Waals surface area contributed by atoms with Gasteiger partial charge in [0.2, 0.25) is 0 Å². The summed E-state index contributed by atoms with van der Waals surface area (Å²) < 4.78 is 47.9. The van der Waals surface area contributed by atoms with E-state index in [0.717, 1.165) is 177 Å². The molecule has 3 heterocycles. The minimum atomic E-state index is -0.427. The van der Waals surface area contributed by atoms with E-state index in [0.29, 0.717) is 107 Å². The third-order valence-corrected chi connectivity index (χ3v) is 35.5. The van der Waals surface area contributed by atoms with Crippen molar-refractivity contribution in [1.29, 1.82) is 0 Å². The predicted octanol–water partition coefficient (Wildman–Crippen LogP) is 16.3. The first-order chi connectivity index (χ1) is 47.7. The van der Waals surface area contributed by atoms with Crippen molar-refractivity contribution >= 4 is 11.6 Å². The SMILES string of the molecule is CC[C@]12CCC(=O)C=C1CC[C@@H]1[C@@H]2CC[C@]2(C)[C@@H](OC)CC[C@@H]12.CC[C@]12CCC3(CC1=CC[C@@H]1[C@@H]2CC[C@]2(C)[C@@H](OC)CC[C@@H]12)OCCO3.C[C@]12CC[C@H]3[C@@H](CC=C4CC5(CC[C@@]43CO)OCCO5)[C@@H]1CCC2=O.C[C@]12CC[C@H]3[C@@H](CC=C4CC5(CC[C@@]43CO)OCCO5)[C@@H]1CC[C@@H]2O. The van der Waals surface area contributed by atoms with Crippen LogP contribution in [0.3, 0.4) is 0 Å². The van der Waals surface area contributed by atoms with E-state index < -0.39 is 11.6 Å². The zero-order chi connectivity index (χ0) is 68.8. The van der Waals surface area contributed by atoms with Gasteiger partial charge in [-0.25, -0.2) is 0 Å². The number of fused-ring (bicyclic) bond motifs is 20. The molecule has 15 fully saturated rings. The lowest BCUT2D eigenvalue weighted by Crippen LogP contribution is -2.55.